The molecule has 1 aromatic heterocycles. The minimum atomic E-state index is -0.519. The number of fused-ring (bicyclic) bond motifs is 1. The molecule has 4 rings (SSSR count). The predicted molar refractivity (Wildman–Crippen MR) is 142 cm³/mol. The van der Waals surface area contributed by atoms with Crippen LogP contribution in [0.4, 0.5) is 16.3 Å². The van der Waals surface area contributed by atoms with Crippen molar-refractivity contribution in [1.29, 1.82) is 0 Å². The van der Waals surface area contributed by atoms with Gasteiger partial charge in [0.2, 0.25) is 5.91 Å². The van der Waals surface area contributed by atoms with Crippen LogP contribution in [-0.4, -0.2) is 52.1 Å². The first kappa shape index (κ1) is 25.2. The van der Waals surface area contributed by atoms with Gasteiger partial charge in [0.1, 0.15) is 17.7 Å². The Morgan fingerprint density at radius 1 is 1.06 bits per heavy atom. The molecule has 36 heavy (non-hydrogen) atoms. The fourth-order valence-electron chi connectivity index (χ4n) is 4.06. The van der Waals surface area contributed by atoms with Crippen LogP contribution in [0.2, 0.25) is 0 Å². The van der Waals surface area contributed by atoms with Crippen molar-refractivity contribution in [3.05, 3.63) is 72.1 Å². The molecule has 1 fully saturated rings. The number of piperidine rings is 1. The summed E-state index contributed by atoms with van der Waals surface area (Å²) >= 11 is 0. The first-order valence-corrected chi connectivity index (χ1v) is 12.3. The van der Waals surface area contributed by atoms with Gasteiger partial charge in [0, 0.05) is 36.8 Å². The maximum absolute atomic E-state index is 12.7. The standard InChI is InChI=1S/C28H33N5O3/c1-28(2,3)36-27(35)33-15-12-21(13-16-33)17-25(34)32-22-9-10-24-23(18-22)26(31-19-30-24)29-14-11-20-7-5-4-6-8-20/h4-10,17-19H,11-16H2,1-3H3,(H,32,34)(H,29,30,31). The number of aromatic nitrogens is 2. The van der Waals surface area contributed by atoms with E-state index in [0.717, 1.165) is 35.3 Å². The lowest BCUT2D eigenvalue weighted by atomic mass is 10.0. The first-order chi connectivity index (χ1) is 17.3. The molecule has 8 nitrogen and oxygen atoms in total. The van der Waals surface area contributed by atoms with E-state index in [-0.39, 0.29) is 12.0 Å². The fraction of sp³-hybridized carbons (Fsp3) is 0.357. The maximum Gasteiger partial charge on any atom is 0.410 e. The number of nitrogens with zero attached hydrogens (tertiary/aromatic N) is 3. The van der Waals surface area contributed by atoms with Gasteiger partial charge in [-0.3, -0.25) is 4.79 Å². The van der Waals surface area contributed by atoms with Crippen LogP contribution < -0.4 is 10.6 Å². The van der Waals surface area contributed by atoms with Crippen molar-refractivity contribution < 1.29 is 14.3 Å². The molecule has 1 aliphatic rings. The summed E-state index contributed by atoms with van der Waals surface area (Å²) in [5.74, 6) is 0.547. The predicted octanol–water partition coefficient (Wildman–Crippen LogP) is 5.18. The Labute approximate surface area is 211 Å². The average molecular weight is 488 g/mol. The summed E-state index contributed by atoms with van der Waals surface area (Å²) in [4.78, 5) is 35.4. The van der Waals surface area contributed by atoms with Gasteiger partial charge in [-0.15, -0.1) is 0 Å². The van der Waals surface area contributed by atoms with Gasteiger partial charge in [-0.1, -0.05) is 35.9 Å². The smallest absolute Gasteiger partial charge is 0.410 e. The summed E-state index contributed by atoms with van der Waals surface area (Å²) in [7, 11) is 0. The first-order valence-electron chi connectivity index (χ1n) is 12.3. The largest absolute Gasteiger partial charge is 0.444 e. The Hall–Kier alpha value is -3.94. The Morgan fingerprint density at radius 3 is 2.53 bits per heavy atom. The second-order valence-electron chi connectivity index (χ2n) is 9.88. The Bertz CT molecular complexity index is 1240. The van der Waals surface area contributed by atoms with E-state index in [0.29, 0.717) is 31.6 Å². The van der Waals surface area contributed by atoms with Gasteiger partial charge in [-0.2, -0.15) is 0 Å². The number of carbonyl (C=O) groups is 2. The number of rotatable bonds is 6. The second-order valence-corrected chi connectivity index (χ2v) is 9.88. The monoisotopic (exact) mass is 487 g/mol. The molecule has 2 N–H and O–H groups in total. The number of ether oxygens (including phenoxy) is 1. The average Bonchev–Trinajstić information content (AvgIpc) is 2.84. The topological polar surface area (TPSA) is 96.5 Å². The van der Waals surface area contributed by atoms with Crippen LogP contribution in [-0.2, 0) is 16.0 Å². The minimum absolute atomic E-state index is 0.189. The third-order valence-corrected chi connectivity index (χ3v) is 5.84. The Kier molecular flexibility index (Phi) is 7.83. The summed E-state index contributed by atoms with van der Waals surface area (Å²) in [5, 5.41) is 7.19. The third kappa shape index (κ3) is 7.04. The summed E-state index contributed by atoms with van der Waals surface area (Å²) in [6.07, 6.45) is 5.04. The molecule has 0 unspecified atom stereocenters. The molecule has 2 amide bonds. The van der Waals surface area contributed by atoms with Gasteiger partial charge in [-0.25, -0.2) is 14.8 Å². The van der Waals surface area contributed by atoms with Crippen molar-refractivity contribution >= 4 is 34.4 Å². The van der Waals surface area contributed by atoms with E-state index < -0.39 is 5.60 Å². The van der Waals surface area contributed by atoms with E-state index in [9.17, 15) is 9.59 Å². The second kappa shape index (κ2) is 11.2. The molecule has 2 aromatic carbocycles. The van der Waals surface area contributed by atoms with Crippen molar-refractivity contribution in [2.75, 3.05) is 30.3 Å². The van der Waals surface area contributed by atoms with Crippen molar-refractivity contribution in [3.8, 4) is 0 Å². The highest BCUT2D eigenvalue weighted by Gasteiger charge is 2.24. The number of anilines is 2. The third-order valence-electron chi connectivity index (χ3n) is 5.84. The molecule has 3 aromatic rings. The van der Waals surface area contributed by atoms with E-state index in [2.05, 4.69) is 32.7 Å². The molecular weight excluding hydrogens is 454 g/mol. The molecule has 1 aliphatic heterocycles. The number of likely N-dealkylation sites (tertiary alicyclic amines) is 1. The lowest BCUT2D eigenvalue weighted by molar-refractivity contribution is -0.112. The molecule has 8 heteroatoms. The highest BCUT2D eigenvalue weighted by atomic mass is 16.6. The number of benzene rings is 2. The molecule has 0 radical (unpaired) electrons. The maximum atomic E-state index is 12.7. The number of nitrogens with one attached hydrogen (secondary N) is 2. The van der Waals surface area contributed by atoms with E-state index in [1.54, 1.807) is 17.3 Å². The van der Waals surface area contributed by atoms with Crippen LogP contribution in [0.5, 0.6) is 0 Å². The summed E-state index contributed by atoms with van der Waals surface area (Å²) in [6.45, 7) is 7.38. The van der Waals surface area contributed by atoms with E-state index in [1.165, 1.54) is 5.56 Å². The summed E-state index contributed by atoms with van der Waals surface area (Å²) in [6, 6.07) is 15.9. The number of amides is 2. The van der Waals surface area contributed by atoms with Crippen LogP contribution in [0, 0.1) is 0 Å². The van der Waals surface area contributed by atoms with Crippen molar-refractivity contribution in [3.63, 3.8) is 0 Å². The normalized spacial score (nSPS) is 13.9. The molecule has 188 valence electrons. The van der Waals surface area contributed by atoms with Crippen LogP contribution in [0.25, 0.3) is 10.9 Å². The quantitative estimate of drug-likeness (QED) is 0.465. The lowest BCUT2D eigenvalue weighted by Gasteiger charge is -2.30. The van der Waals surface area contributed by atoms with Crippen molar-refractivity contribution in [1.82, 2.24) is 14.9 Å². The van der Waals surface area contributed by atoms with E-state index in [4.69, 9.17) is 4.74 Å². The zero-order valence-corrected chi connectivity index (χ0v) is 21.1. The number of carbonyl (C=O) groups excluding carboxylic acids is 2. The zero-order chi connectivity index (χ0) is 25.5. The van der Waals surface area contributed by atoms with Gasteiger partial charge in [0.05, 0.1) is 5.52 Å². The summed E-state index contributed by atoms with van der Waals surface area (Å²) < 4.78 is 5.44. The number of hydrogen-bond donors (Lipinski definition) is 2. The molecule has 0 bridgehead atoms. The Balaban J connectivity index is 1.35. The highest BCUT2D eigenvalue weighted by Crippen LogP contribution is 2.24. The van der Waals surface area contributed by atoms with Gasteiger partial charge in [0.25, 0.3) is 0 Å². The lowest BCUT2D eigenvalue weighted by Crippen LogP contribution is -2.40. The molecular formula is C28H33N5O3. The van der Waals surface area contributed by atoms with Gasteiger partial charge in [0.15, 0.2) is 0 Å². The minimum Gasteiger partial charge on any atom is -0.444 e. The molecule has 0 saturated carbocycles. The molecule has 2 heterocycles. The SMILES string of the molecule is CC(C)(C)OC(=O)N1CCC(=CC(=O)Nc2ccc3ncnc(NCCc4ccccc4)c3c2)CC1. The fourth-order valence-corrected chi connectivity index (χ4v) is 4.06. The van der Waals surface area contributed by atoms with E-state index >= 15 is 0 Å². The zero-order valence-electron chi connectivity index (χ0n) is 21.1. The summed E-state index contributed by atoms with van der Waals surface area (Å²) in [5.41, 5.74) is 3.23. The molecule has 0 spiro atoms. The number of hydrogen-bond acceptors (Lipinski definition) is 6. The van der Waals surface area contributed by atoms with Crippen LogP contribution >= 0.6 is 0 Å². The highest BCUT2D eigenvalue weighted by molar-refractivity contribution is 6.02. The van der Waals surface area contributed by atoms with Crippen molar-refractivity contribution in [2.45, 2.75) is 45.6 Å². The van der Waals surface area contributed by atoms with Crippen LogP contribution in [0.3, 0.4) is 0 Å². The van der Waals surface area contributed by atoms with Crippen molar-refractivity contribution in [2.24, 2.45) is 0 Å². The van der Waals surface area contributed by atoms with Crippen LogP contribution in [0.15, 0.2) is 66.5 Å². The van der Waals surface area contributed by atoms with Gasteiger partial charge in [-0.05, 0) is 63.8 Å². The molecule has 0 atom stereocenters. The van der Waals surface area contributed by atoms with Crippen LogP contribution in [0.1, 0.15) is 39.2 Å². The Morgan fingerprint density at radius 2 is 1.81 bits per heavy atom. The molecule has 0 aliphatic carbocycles. The van der Waals surface area contributed by atoms with E-state index in [1.807, 2.05) is 57.2 Å². The van der Waals surface area contributed by atoms with Gasteiger partial charge >= 0.3 is 6.09 Å². The molecule has 1 saturated heterocycles. The van der Waals surface area contributed by atoms with Gasteiger partial charge < -0.3 is 20.3 Å².